The Balaban J connectivity index is 1.69. The van der Waals surface area contributed by atoms with Crippen molar-refractivity contribution in [1.82, 2.24) is 10.3 Å². The van der Waals surface area contributed by atoms with Crippen LogP contribution in [0.4, 0.5) is 4.79 Å². The zero-order valence-electron chi connectivity index (χ0n) is 19.0. The van der Waals surface area contributed by atoms with Crippen molar-refractivity contribution in [3.05, 3.63) is 54.7 Å². The summed E-state index contributed by atoms with van der Waals surface area (Å²) in [4.78, 5) is 15.0. The molecule has 0 atom stereocenters. The minimum atomic E-state index is -1.09. The van der Waals surface area contributed by atoms with Gasteiger partial charge in [-0.2, -0.15) is 0 Å². The lowest BCUT2D eigenvalue weighted by Gasteiger charge is -2.13. The molecule has 2 N–H and O–H groups in total. The molecule has 0 aliphatic carbocycles. The molecule has 176 valence electrons. The molecule has 9 heteroatoms. The third kappa shape index (κ3) is 4.68. The van der Waals surface area contributed by atoms with Crippen molar-refractivity contribution in [1.29, 1.82) is 0 Å². The van der Waals surface area contributed by atoms with Crippen molar-refractivity contribution in [2.45, 2.75) is 0 Å². The number of methoxy groups -OCH3 is 3. The van der Waals surface area contributed by atoms with Crippen LogP contribution in [0.1, 0.15) is 0 Å². The van der Waals surface area contributed by atoms with Gasteiger partial charge in [0.1, 0.15) is 23.6 Å². The molecule has 0 saturated heterocycles. The van der Waals surface area contributed by atoms with Crippen molar-refractivity contribution in [2.24, 2.45) is 0 Å². The number of ether oxygens (including phenoxy) is 4. The Labute approximate surface area is 195 Å². The number of hydrogen-bond donors (Lipinski definition) is 2. The van der Waals surface area contributed by atoms with E-state index in [2.05, 4.69) is 10.3 Å². The Morgan fingerprint density at radius 1 is 1.00 bits per heavy atom. The number of fused-ring (bicyclic) bond motifs is 1. The molecule has 0 aliphatic rings. The van der Waals surface area contributed by atoms with Crippen LogP contribution in [0.15, 0.2) is 59.1 Å². The minimum absolute atomic E-state index is 0.190. The van der Waals surface area contributed by atoms with Gasteiger partial charge in [0.15, 0.2) is 17.1 Å². The summed E-state index contributed by atoms with van der Waals surface area (Å²) in [5, 5.41) is 10.9. The largest absolute Gasteiger partial charge is 0.493 e. The molecule has 0 radical (unpaired) electrons. The van der Waals surface area contributed by atoms with Crippen molar-refractivity contribution in [3.8, 4) is 45.4 Å². The van der Waals surface area contributed by atoms with E-state index in [4.69, 9.17) is 28.5 Å². The first kappa shape index (κ1) is 22.8. The average Bonchev–Trinajstić information content (AvgIpc) is 3.30. The zero-order valence-corrected chi connectivity index (χ0v) is 19.0. The number of hydrogen-bond acceptors (Lipinski definition) is 7. The van der Waals surface area contributed by atoms with Crippen LogP contribution in [0.25, 0.3) is 33.6 Å². The molecule has 0 fully saturated rings. The van der Waals surface area contributed by atoms with Gasteiger partial charge in [-0.05, 0) is 35.9 Å². The van der Waals surface area contributed by atoms with Crippen LogP contribution >= 0.6 is 0 Å². The SMILES string of the molecule is COc1cc(-c2cc3nccc(-c4cccc(OCCNC(=O)O)c4)c3o2)cc(OC)c1OC. The number of carbonyl (C=O) groups is 1. The van der Waals surface area contributed by atoms with E-state index in [1.165, 1.54) is 0 Å². The Morgan fingerprint density at radius 3 is 2.44 bits per heavy atom. The number of amides is 1. The van der Waals surface area contributed by atoms with E-state index in [-0.39, 0.29) is 13.2 Å². The molecule has 2 heterocycles. The highest BCUT2D eigenvalue weighted by atomic mass is 16.5. The number of rotatable bonds is 9. The summed E-state index contributed by atoms with van der Waals surface area (Å²) in [5.74, 6) is 2.76. The number of carboxylic acid groups (broad SMARTS) is 1. The summed E-state index contributed by atoms with van der Waals surface area (Å²) in [6.07, 6.45) is 0.633. The first-order valence-corrected chi connectivity index (χ1v) is 10.4. The number of pyridine rings is 1. The van der Waals surface area contributed by atoms with Crippen LogP contribution in [-0.4, -0.2) is 50.7 Å². The topological polar surface area (TPSA) is 112 Å². The van der Waals surface area contributed by atoms with Gasteiger partial charge in [-0.15, -0.1) is 0 Å². The second-order valence-electron chi connectivity index (χ2n) is 7.21. The molecule has 34 heavy (non-hydrogen) atoms. The van der Waals surface area contributed by atoms with Gasteiger partial charge in [0.25, 0.3) is 0 Å². The van der Waals surface area contributed by atoms with Crippen LogP contribution in [0.5, 0.6) is 23.0 Å². The van der Waals surface area contributed by atoms with Crippen LogP contribution in [-0.2, 0) is 0 Å². The van der Waals surface area contributed by atoms with E-state index in [0.29, 0.717) is 39.9 Å². The second kappa shape index (κ2) is 10.0. The molecule has 0 aliphatic heterocycles. The van der Waals surface area contributed by atoms with Crippen LogP contribution < -0.4 is 24.3 Å². The van der Waals surface area contributed by atoms with Crippen molar-refractivity contribution >= 4 is 17.2 Å². The van der Waals surface area contributed by atoms with E-state index in [0.717, 1.165) is 16.7 Å². The van der Waals surface area contributed by atoms with Gasteiger partial charge < -0.3 is 33.8 Å². The van der Waals surface area contributed by atoms with Gasteiger partial charge in [0.2, 0.25) is 5.75 Å². The molecule has 0 saturated carbocycles. The lowest BCUT2D eigenvalue weighted by atomic mass is 10.1. The van der Waals surface area contributed by atoms with E-state index in [9.17, 15) is 4.79 Å². The maximum Gasteiger partial charge on any atom is 0.404 e. The number of nitrogens with one attached hydrogen (secondary N) is 1. The van der Waals surface area contributed by atoms with Crippen molar-refractivity contribution < 1.29 is 33.3 Å². The highest BCUT2D eigenvalue weighted by molar-refractivity contribution is 5.92. The maximum atomic E-state index is 10.6. The molecule has 1 amide bonds. The molecule has 0 bridgehead atoms. The average molecular weight is 464 g/mol. The highest BCUT2D eigenvalue weighted by Crippen LogP contribution is 2.43. The predicted molar refractivity (Wildman–Crippen MR) is 126 cm³/mol. The minimum Gasteiger partial charge on any atom is -0.493 e. The Kier molecular flexibility index (Phi) is 6.72. The first-order chi connectivity index (χ1) is 16.5. The first-order valence-electron chi connectivity index (χ1n) is 10.4. The fourth-order valence-corrected chi connectivity index (χ4v) is 3.61. The summed E-state index contributed by atoms with van der Waals surface area (Å²) in [7, 11) is 4.68. The van der Waals surface area contributed by atoms with E-state index >= 15 is 0 Å². The van der Waals surface area contributed by atoms with Crippen molar-refractivity contribution in [2.75, 3.05) is 34.5 Å². The highest BCUT2D eigenvalue weighted by Gasteiger charge is 2.18. The molecule has 0 spiro atoms. The maximum absolute atomic E-state index is 10.6. The zero-order chi connectivity index (χ0) is 24.1. The van der Waals surface area contributed by atoms with Gasteiger partial charge >= 0.3 is 6.09 Å². The number of furan rings is 1. The Hall–Kier alpha value is -4.40. The van der Waals surface area contributed by atoms with Gasteiger partial charge in [0.05, 0.1) is 27.9 Å². The fourth-order valence-electron chi connectivity index (χ4n) is 3.61. The smallest absolute Gasteiger partial charge is 0.404 e. The molecule has 0 unspecified atom stereocenters. The third-order valence-corrected chi connectivity index (χ3v) is 5.15. The van der Waals surface area contributed by atoms with Crippen LogP contribution in [0.3, 0.4) is 0 Å². The lowest BCUT2D eigenvalue weighted by molar-refractivity contribution is 0.191. The molecule has 2 aromatic carbocycles. The lowest BCUT2D eigenvalue weighted by Crippen LogP contribution is -2.26. The number of benzene rings is 2. The number of nitrogens with zero attached hydrogens (tertiary/aromatic N) is 1. The van der Waals surface area contributed by atoms with E-state index in [1.807, 2.05) is 48.5 Å². The van der Waals surface area contributed by atoms with Crippen molar-refractivity contribution in [3.63, 3.8) is 0 Å². The molecular weight excluding hydrogens is 440 g/mol. The molecule has 4 aromatic rings. The second-order valence-corrected chi connectivity index (χ2v) is 7.21. The summed E-state index contributed by atoms with van der Waals surface area (Å²) < 4.78 is 28.2. The van der Waals surface area contributed by atoms with E-state index in [1.54, 1.807) is 27.5 Å². The fraction of sp³-hybridized carbons (Fsp3) is 0.200. The third-order valence-electron chi connectivity index (χ3n) is 5.15. The normalized spacial score (nSPS) is 10.7. The summed E-state index contributed by atoms with van der Waals surface area (Å²) in [6.45, 7) is 0.406. The Morgan fingerprint density at radius 2 is 1.76 bits per heavy atom. The summed E-state index contributed by atoms with van der Waals surface area (Å²) in [6, 6.07) is 14.9. The summed E-state index contributed by atoms with van der Waals surface area (Å²) >= 11 is 0. The van der Waals surface area contributed by atoms with Crippen LogP contribution in [0.2, 0.25) is 0 Å². The molecule has 4 rings (SSSR count). The van der Waals surface area contributed by atoms with Gasteiger partial charge in [-0.1, -0.05) is 12.1 Å². The quantitative estimate of drug-likeness (QED) is 0.339. The van der Waals surface area contributed by atoms with E-state index < -0.39 is 6.09 Å². The van der Waals surface area contributed by atoms with Crippen LogP contribution in [0, 0.1) is 0 Å². The standard InChI is InChI=1S/C25H24N2O7/c1-30-21-12-16(13-22(31-2)24(21)32-3)20-14-19-23(34-20)18(7-8-26-19)15-5-4-6-17(11-15)33-10-9-27-25(28)29/h4-8,11-14,27H,9-10H2,1-3H3,(H,28,29). The molecule has 2 aromatic heterocycles. The molecule has 9 nitrogen and oxygen atoms in total. The monoisotopic (exact) mass is 464 g/mol. The summed E-state index contributed by atoms with van der Waals surface area (Å²) in [5.41, 5.74) is 3.79. The Bertz CT molecular complexity index is 1290. The number of aromatic nitrogens is 1. The van der Waals surface area contributed by atoms with Gasteiger partial charge in [-0.25, -0.2) is 4.79 Å². The van der Waals surface area contributed by atoms with Gasteiger partial charge in [-0.3, -0.25) is 4.98 Å². The predicted octanol–water partition coefficient (Wildman–Crippen LogP) is 4.83. The van der Waals surface area contributed by atoms with Gasteiger partial charge in [0, 0.05) is 23.4 Å². The molecular formula is C25H24N2O7.